The zero-order chi connectivity index (χ0) is 15.4. The number of hydrazine groups is 1. The third-order valence-corrected chi connectivity index (χ3v) is 3.41. The average Bonchev–Trinajstić information content (AvgIpc) is 2.87. The molecule has 1 aromatic rings. The Kier molecular flexibility index (Phi) is 4.64. The molecule has 1 atom stereocenters. The summed E-state index contributed by atoms with van der Waals surface area (Å²) < 4.78 is 0. The minimum atomic E-state index is -0.526. The molecule has 0 saturated carbocycles. The van der Waals surface area contributed by atoms with Gasteiger partial charge in [-0.1, -0.05) is 11.6 Å². The summed E-state index contributed by atoms with van der Waals surface area (Å²) in [6, 6.07) is 6.30. The van der Waals surface area contributed by atoms with Crippen LogP contribution in [0.5, 0.6) is 0 Å². The Hall–Kier alpha value is -2.28. The van der Waals surface area contributed by atoms with Gasteiger partial charge in [-0.25, -0.2) is 10.2 Å². The number of amides is 4. The second kappa shape index (κ2) is 6.45. The fourth-order valence-corrected chi connectivity index (χ4v) is 2.16. The van der Waals surface area contributed by atoms with E-state index in [1.807, 2.05) is 0 Å². The van der Waals surface area contributed by atoms with Crippen molar-refractivity contribution >= 4 is 35.1 Å². The fraction of sp³-hybridized carbons (Fsp3) is 0.308. The molecule has 112 valence electrons. The molecule has 1 unspecified atom stereocenters. The molecular weight excluding hydrogens is 296 g/mol. The van der Waals surface area contributed by atoms with E-state index in [0.717, 1.165) is 0 Å². The number of hydrogen-bond donors (Lipinski definition) is 3. The van der Waals surface area contributed by atoms with Gasteiger partial charge in [0, 0.05) is 30.7 Å². The lowest BCUT2D eigenvalue weighted by Gasteiger charge is -2.16. The summed E-state index contributed by atoms with van der Waals surface area (Å²) in [7, 11) is 1.43. The molecule has 1 aliphatic rings. The molecule has 3 N–H and O–H groups in total. The van der Waals surface area contributed by atoms with Crippen molar-refractivity contribution in [3.8, 4) is 0 Å². The molecule has 0 radical (unpaired) electrons. The van der Waals surface area contributed by atoms with Crippen LogP contribution in [0.2, 0.25) is 5.02 Å². The molecule has 0 aromatic heterocycles. The summed E-state index contributed by atoms with van der Waals surface area (Å²) in [5.41, 5.74) is 5.16. The lowest BCUT2D eigenvalue weighted by molar-refractivity contribution is -0.126. The van der Waals surface area contributed by atoms with Crippen molar-refractivity contribution in [1.82, 2.24) is 16.2 Å². The number of nitrogens with zero attached hydrogens (tertiary/aromatic N) is 1. The molecule has 1 aliphatic heterocycles. The van der Waals surface area contributed by atoms with Gasteiger partial charge in [-0.05, 0) is 24.3 Å². The van der Waals surface area contributed by atoms with Gasteiger partial charge in [0.15, 0.2) is 0 Å². The number of anilines is 1. The van der Waals surface area contributed by atoms with Crippen molar-refractivity contribution in [2.45, 2.75) is 6.42 Å². The van der Waals surface area contributed by atoms with Crippen LogP contribution in [0, 0.1) is 5.92 Å². The summed E-state index contributed by atoms with van der Waals surface area (Å²) in [6.07, 6.45) is 0.101. The quantitative estimate of drug-likeness (QED) is 0.701. The Labute approximate surface area is 126 Å². The van der Waals surface area contributed by atoms with Gasteiger partial charge in [-0.3, -0.25) is 15.0 Å². The Morgan fingerprint density at radius 2 is 1.90 bits per heavy atom. The summed E-state index contributed by atoms with van der Waals surface area (Å²) in [6.45, 7) is 0.266. The summed E-state index contributed by atoms with van der Waals surface area (Å²) in [5, 5.41) is 2.88. The fourth-order valence-electron chi connectivity index (χ4n) is 2.04. The number of halogens is 1. The van der Waals surface area contributed by atoms with E-state index in [2.05, 4.69) is 16.2 Å². The minimum absolute atomic E-state index is 0.101. The highest BCUT2D eigenvalue weighted by Crippen LogP contribution is 2.26. The number of nitrogens with one attached hydrogen (secondary N) is 3. The zero-order valence-corrected chi connectivity index (χ0v) is 12.1. The second-order valence-electron chi connectivity index (χ2n) is 4.58. The largest absolute Gasteiger partial charge is 0.340 e. The topological polar surface area (TPSA) is 90.5 Å². The zero-order valence-electron chi connectivity index (χ0n) is 11.4. The van der Waals surface area contributed by atoms with Crippen molar-refractivity contribution in [2.24, 2.45) is 5.92 Å². The number of hydrogen-bond acceptors (Lipinski definition) is 3. The molecule has 4 amide bonds. The number of rotatable bonds is 2. The Bertz CT molecular complexity index is 561. The smallest absolute Gasteiger partial charge is 0.333 e. The number of urea groups is 1. The van der Waals surface area contributed by atoms with Crippen LogP contribution < -0.4 is 21.1 Å². The van der Waals surface area contributed by atoms with E-state index >= 15 is 0 Å². The highest BCUT2D eigenvalue weighted by molar-refractivity contribution is 6.30. The van der Waals surface area contributed by atoms with E-state index in [1.165, 1.54) is 11.9 Å². The first-order valence-corrected chi connectivity index (χ1v) is 6.72. The van der Waals surface area contributed by atoms with Crippen LogP contribution in [0.3, 0.4) is 0 Å². The maximum Gasteiger partial charge on any atom is 0.333 e. The van der Waals surface area contributed by atoms with Crippen LogP contribution >= 0.6 is 11.6 Å². The highest BCUT2D eigenvalue weighted by Gasteiger charge is 2.35. The van der Waals surface area contributed by atoms with Gasteiger partial charge < -0.3 is 10.2 Å². The van der Waals surface area contributed by atoms with Crippen molar-refractivity contribution < 1.29 is 14.4 Å². The van der Waals surface area contributed by atoms with E-state index in [4.69, 9.17) is 11.6 Å². The van der Waals surface area contributed by atoms with E-state index in [-0.39, 0.29) is 18.9 Å². The molecule has 0 spiro atoms. The molecule has 2 rings (SSSR count). The van der Waals surface area contributed by atoms with Gasteiger partial charge in [0.1, 0.15) is 0 Å². The van der Waals surface area contributed by atoms with Crippen LogP contribution in [-0.4, -0.2) is 31.4 Å². The molecule has 0 aliphatic carbocycles. The predicted octanol–water partition coefficient (Wildman–Crippen LogP) is 0.653. The monoisotopic (exact) mass is 310 g/mol. The number of carbonyl (C=O) groups excluding carboxylic acids is 3. The SMILES string of the molecule is CNC(=O)NNC(=O)C1CC(=O)N(c2ccc(Cl)cc2)C1. The second-order valence-corrected chi connectivity index (χ2v) is 5.01. The maximum atomic E-state index is 12.0. The van der Waals surface area contributed by atoms with Gasteiger partial charge in [0.2, 0.25) is 11.8 Å². The van der Waals surface area contributed by atoms with Crippen molar-refractivity contribution in [3.05, 3.63) is 29.3 Å². The number of benzene rings is 1. The molecule has 1 fully saturated rings. The summed E-state index contributed by atoms with van der Waals surface area (Å²) in [4.78, 5) is 36.4. The molecule has 21 heavy (non-hydrogen) atoms. The van der Waals surface area contributed by atoms with Gasteiger partial charge in [-0.15, -0.1) is 0 Å². The lowest BCUT2D eigenvalue weighted by atomic mass is 10.1. The van der Waals surface area contributed by atoms with Crippen molar-refractivity contribution in [3.63, 3.8) is 0 Å². The van der Waals surface area contributed by atoms with Crippen molar-refractivity contribution in [2.75, 3.05) is 18.5 Å². The molecule has 8 heteroatoms. The molecule has 1 aromatic carbocycles. The Balaban J connectivity index is 1.97. The average molecular weight is 311 g/mol. The Morgan fingerprint density at radius 1 is 1.24 bits per heavy atom. The minimum Gasteiger partial charge on any atom is -0.340 e. The molecule has 1 saturated heterocycles. The number of carbonyl (C=O) groups is 3. The van der Waals surface area contributed by atoms with Crippen LogP contribution in [0.15, 0.2) is 24.3 Å². The molecule has 7 nitrogen and oxygen atoms in total. The lowest BCUT2D eigenvalue weighted by Crippen LogP contribution is -2.48. The van der Waals surface area contributed by atoms with Crippen LogP contribution in [0.25, 0.3) is 0 Å². The molecular formula is C13H15ClN4O3. The standard InChI is InChI=1S/C13H15ClN4O3/c1-15-13(21)17-16-12(20)8-6-11(19)18(7-8)10-4-2-9(14)3-5-10/h2-5,8H,6-7H2,1H3,(H,16,20)(H2,15,17,21). The van der Waals surface area contributed by atoms with E-state index in [0.29, 0.717) is 10.7 Å². The first kappa shape index (κ1) is 15.1. The van der Waals surface area contributed by atoms with E-state index in [9.17, 15) is 14.4 Å². The van der Waals surface area contributed by atoms with E-state index < -0.39 is 17.9 Å². The molecule has 1 heterocycles. The summed E-state index contributed by atoms with van der Waals surface area (Å²) in [5.74, 6) is -1.05. The maximum absolute atomic E-state index is 12.0. The third-order valence-electron chi connectivity index (χ3n) is 3.16. The van der Waals surface area contributed by atoms with Gasteiger partial charge >= 0.3 is 6.03 Å². The first-order valence-electron chi connectivity index (χ1n) is 6.34. The van der Waals surface area contributed by atoms with Crippen LogP contribution in [0.1, 0.15) is 6.42 Å². The Morgan fingerprint density at radius 3 is 2.52 bits per heavy atom. The van der Waals surface area contributed by atoms with Gasteiger partial charge in [-0.2, -0.15) is 0 Å². The van der Waals surface area contributed by atoms with Gasteiger partial charge in [0.05, 0.1) is 5.92 Å². The normalized spacial score (nSPS) is 17.5. The third kappa shape index (κ3) is 3.63. The molecule has 0 bridgehead atoms. The van der Waals surface area contributed by atoms with Crippen molar-refractivity contribution in [1.29, 1.82) is 0 Å². The first-order chi connectivity index (χ1) is 10.0. The highest BCUT2D eigenvalue weighted by atomic mass is 35.5. The van der Waals surface area contributed by atoms with E-state index in [1.54, 1.807) is 24.3 Å². The van der Waals surface area contributed by atoms with Crippen LogP contribution in [0.4, 0.5) is 10.5 Å². The summed E-state index contributed by atoms with van der Waals surface area (Å²) >= 11 is 5.80. The van der Waals surface area contributed by atoms with Gasteiger partial charge in [0.25, 0.3) is 0 Å². The van der Waals surface area contributed by atoms with Crippen LogP contribution in [-0.2, 0) is 9.59 Å². The predicted molar refractivity (Wildman–Crippen MR) is 77.6 cm³/mol.